The first-order valence-corrected chi connectivity index (χ1v) is 6.24. The van der Waals surface area contributed by atoms with E-state index in [9.17, 15) is 17.6 Å². The standard InChI is InChI=1S/C15H13F4NO/c16-11-2-1-3-12(8-11)21-13-5-4-10(6-7-20)14(9-13)15(17,18)19/h1-5,8-9H,6-7,20H2. The Morgan fingerprint density at radius 2 is 1.71 bits per heavy atom. The van der Waals surface area contributed by atoms with Crippen LogP contribution in [0, 0.1) is 5.82 Å². The van der Waals surface area contributed by atoms with E-state index >= 15 is 0 Å². The van der Waals surface area contributed by atoms with Crippen LogP contribution in [0.25, 0.3) is 0 Å². The average molecular weight is 299 g/mol. The number of ether oxygens (including phenoxy) is 1. The summed E-state index contributed by atoms with van der Waals surface area (Å²) in [6.45, 7) is 0.118. The van der Waals surface area contributed by atoms with Crippen molar-refractivity contribution >= 4 is 0 Å². The maximum atomic E-state index is 13.0. The minimum atomic E-state index is -4.49. The Bertz CT molecular complexity index is 625. The lowest BCUT2D eigenvalue weighted by atomic mass is 10.0. The first-order valence-electron chi connectivity index (χ1n) is 6.24. The van der Waals surface area contributed by atoms with Gasteiger partial charge in [-0.1, -0.05) is 12.1 Å². The van der Waals surface area contributed by atoms with Crippen molar-refractivity contribution in [3.05, 3.63) is 59.4 Å². The van der Waals surface area contributed by atoms with Gasteiger partial charge in [-0.15, -0.1) is 0 Å². The van der Waals surface area contributed by atoms with E-state index in [1.165, 1.54) is 30.3 Å². The van der Waals surface area contributed by atoms with Crippen LogP contribution in [-0.4, -0.2) is 6.54 Å². The van der Waals surface area contributed by atoms with Crippen LogP contribution in [0.4, 0.5) is 17.6 Å². The van der Waals surface area contributed by atoms with Crippen molar-refractivity contribution < 1.29 is 22.3 Å². The Hall–Kier alpha value is -2.08. The third kappa shape index (κ3) is 3.95. The van der Waals surface area contributed by atoms with Crippen LogP contribution in [0.2, 0.25) is 0 Å². The molecule has 2 aromatic carbocycles. The summed E-state index contributed by atoms with van der Waals surface area (Å²) in [5, 5.41) is 0. The largest absolute Gasteiger partial charge is 0.457 e. The molecule has 2 rings (SSSR count). The molecule has 0 saturated heterocycles. The van der Waals surface area contributed by atoms with Gasteiger partial charge in [0.15, 0.2) is 0 Å². The minimum Gasteiger partial charge on any atom is -0.457 e. The second kappa shape index (κ2) is 6.13. The molecule has 0 radical (unpaired) electrons. The van der Waals surface area contributed by atoms with E-state index in [0.717, 1.165) is 12.1 Å². The molecule has 0 atom stereocenters. The fraction of sp³-hybridized carbons (Fsp3) is 0.200. The first kappa shape index (κ1) is 15.3. The zero-order chi connectivity index (χ0) is 15.5. The zero-order valence-corrected chi connectivity index (χ0v) is 11.0. The van der Waals surface area contributed by atoms with E-state index in [1.54, 1.807) is 0 Å². The number of hydrogen-bond acceptors (Lipinski definition) is 2. The molecule has 2 aromatic rings. The van der Waals surface area contributed by atoms with Crippen molar-refractivity contribution in [2.24, 2.45) is 5.73 Å². The predicted molar refractivity (Wildman–Crippen MR) is 70.7 cm³/mol. The van der Waals surface area contributed by atoms with Gasteiger partial charge in [0.05, 0.1) is 5.56 Å². The molecule has 0 aromatic heterocycles. The van der Waals surface area contributed by atoms with Gasteiger partial charge < -0.3 is 10.5 Å². The van der Waals surface area contributed by atoms with E-state index < -0.39 is 17.6 Å². The third-order valence-electron chi connectivity index (χ3n) is 2.83. The van der Waals surface area contributed by atoms with Crippen LogP contribution in [0.15, 0.2) is 42.5 Å². The van der Waals surface area contributed by atoms with E-state index in [4.69, 9.17) is 10.5 Å². The summed E-state index contributed by atoms with van der Waals surface area (Å²) in [6, 6.07) is 8.83. The monoisotopic (exact) mass is 299 g/mol. The molecule has 0 aliphatic carbocycles. The van der Waals surface area contributed by atoms with Crippen LogP contribution < -0.4 is 10.5 Å². The number of nitrogens with two attached hydrogens (primary N) is 1. The van der Waals surface area contributed by atoms with Gasteiger partial charge in [-0.05, 0) is 42.8 Å². The van der Waals surface area contributed by atoms with Crippen molar-refractivity contribution in [1.29, 1.82) is 0 Å². The van der Waals surface area contributed by atoms with Crippen molar-refractivity contribution in [3.63, 3.8) is 0 Å². The normalized spacial score (nSPS) is 11.5. The molecule has 0 heterocycles. The molecule has 2 N–H and O–H groups in total. The Morgan fingerprint density at radius 1 is 1.00 bits per heavy atom. The minimum absolute atomic E-state index is 0.00584. The lowest BCUT2D eigenvalue weighted by molar-refractivity contribution is -0.138. The Labute approximate surface area is 119 Å². The van der Waals surface area contributed by atoms with Crippen LogP contribution >= 0.6 is 0 Å². The van der Waals surface area contributed by atoms with Crippen molar-refractivity contribution in [2.75, 3.05) is 6.54 Å². The highest BCUT2D eigenvalue weighted by Gasteiger charge is 2.33. The summed E-state index contributed by atoms with van der Waals surface area (Å²) in [4.78, 5) is 0. The summed E-state index contributed by atoms with van der Waals surface area (Å²) in [6.07, 6.45) is -4.37. The molecular weight excluding hydrogens is 286 g/mol. The molecule has 0 bridgehead atoms. The van der Waals surface area contributed by atoms with Gasteiger partial charge in [0.25, 0.3) is 0 Å². The third-order valence-corrected chi connectivity index (χ3v) is 2.83. The quantitative estimate of drug-likeness (QED) is 0.861. The fourth-order valence-electron chi connectivity index (χ4n) is 1.92. The molecule has 6 heteroatoms. The van der Waals surface area contributed by atoms with Gasteiger partial charge in [0.1, 0.15) is 17.3 Å². The number of alkyl halides is 3. The second-order valence-corrected chi connectivity index (χ2v) is 4.41. The summed E-state index contributed by atoms with van der Waals surface area (Å²) < 4.78 is 57.3. The topological polar surface area (TPSA) is 35.2 Å². The summed E-state index contributed by atoms with van der Waals surface area (Å²) in [5.41, 5.74) is 4.63. The van der Waals surface area contributed by atoms with Gasteiger partial charge in [-0.2, -0.15) is 13.2 Å². The Kier molecular flexibility index (Phi) is 4.47. The van der Waals surface area contributed by atoms with Crippen molar-refractivity contribution in [3.8, 4) is 11.5 Å². The van der Waals surface area contributed by atoms with Gasteiger partial charge in [-0.3, -0.25) is 0 Å². The Balaban J connectivity index is 2.33. The maximum Gasteiger partial charge on any atom is 0.416 e. The highest BCUT2D eigenvalue weighted by atomic mass is 19.4. The second-order valence-electron chi connectivity index (χ2n) is 4.41. The number of hydrogen-bond donors (Lipinski definition) is 1. The molecule has 112 valence electrons. The average Bonchev–Trinajstić information content (AvgIpc) is 2.39. The highest BCUT2D eigenvalue weighted by molar-refractivity contribution is 5.40. The number of rotatable bonds is 4. The van der Waals surface area contributed by atoms with E-state index in [0.29, 0.717) is 0 Å². The smallest absolute Gasteiger partial charge is 0.416 e. The summed E-state index contributed by atoms with van der Waals surface area (Å²) in [5.74, 6) is -0.397. The van der Waals surface area contributed by atoms with Crippen molar-refractivity contribution in [2.45, 2.75) is 12.6 Å². The molecule has 0 aliphatic rings. The molecule has 0 spiro atoms. The number of benzene rings is 2. The molecule has 0 fully saturated rings. The van der Waals surface area contributed by atoms with Gasteiger partial charge in [0, 0.05) is 6.07 Å². The van der Waals surface area contributed by atoms with Crippen LogP contribution in [-0.2, 0) is 12.6 Å². The van der Waals surface area contributed by atoms with Crippen LogP contribution in [0.5, 0.6) is 11.5 Å². The molecular formula is C15H13F4NO. The van der Waals surface area contributed by atoms with Crippen molar-refractivity contribution in [1.82, 2.24) is 0 Å². The van der Waals surface area contributed by atoms with Crippen LogP contribution in [0.1, 0.15) is 11.1 Å². The summed E-state index contributed by atoms with van der Waals surface area (Å²) in [7, 11) is 0. The van der Waals surface area contributed by atoms with Gasteiger partial charge >= 0.3 is 6.18 Å². The Morgan fingerprint density at radius 3 is 2.33 bits per heavy atom. The van der Waals surface area contributed by atoms with E-state index in [-0.39, 0.29) is 30.0 Å². The zero-order valence-electron chi connectivity index (χ0n) is 11.0. The lowest BCUT2D eigenvalue weighted by Gasteiger charge is -2.14. The maximum absolute atomic E-state index is 13.0. The van der Waals surface area contributed by atoms with Crippen LogP contribution in [0.3, 0.4) is 0 Å². The highest BCUT2D eigenvalue weighted by Crippen LogP contribution is 2.35. The predicted octanol–water partition coefficient (Wildman–Crippen LogP) is 4.14. The van der Waals surface area contributed by atoms with E-state index in [1.807, 2.05) is 0 Å². The molecule has 2 nitrogen and oxygen atoms in total. The molecule has 0 amide bonds. The molecule has 21 heavy (non-hydrogen) atoms. The number of halogens is 4. The SMILES string of the molecule is NCCc1ccc(Oc2cccc(F)c2)cc1C(F)(F)F. The molecule has 0 aliphatic heterocycles. The van der Waals surface area contributed by atoms with Gasteiger partial charge in [0.2, 0.25) is 0 Å². The lowest BCUT2D eigenvalue weighted by Crippen LogP contribution is -2.12. The first-order chi connectivity index (χ1) is 9.90. The van der Waals surface area contributed by atoms with E-state index in [2.05, 4.69) is 0 Å². The molecule has 0 unspecified atom stereocenters. The molecule has 0 saturated carbocycles. The summed E-state index contributed by atoms with van der Waals surface area (Å²) >= 11 is 0. The fourth-order valence-corrected chi connectivity index (χ4v) is 1.92. The van der Waals surface area contributed by atoms with Gasteiger partial charge in [-0.25, -0.2) is 4.39 Å².